The van der Waals surface area contributed by atoms with E-state index in [2.05, 4.69) is 10.1 Å². The zero-order valence-corrected chi connectivity index (χ0v) is 11.7. The van der Waals surface area contributed by atoms with Crippen LogP contribution in [0.25, 0.3) is 0 Å². The van der Waals surface area contributed by atoms with Crippen molar-refractivity contribution in [2.75, 3.05) is 12.4 Å². The highest BCUT2D eigenvalue weighted by Crippen LogP contribution is 2.36. The fraction of sp³-hybridized carbons (Fsp3) is 0.133. The summed E-state index contributed by atoms with van der Waals surface area (Å²) < 4.78 is 46.3. The van der Waals surface area contributed by atoms with Crippen LogP contribution in [-0.2, 0) is 0 Å². The number of aryl methyl sites for hydroxylation is 1. The SMILES string of the molecule is COc1c(F)c(F)c(C(=O)O)c(Nc2ccccc2C)c1F. The molecule has 0 saturated carbocycles. The summed E-state index contributed by atoms with van der Waals surface area (Å²) in [5.74, 6) is -7.48. The van der Waals surface area contributed by atoms with Gasteiger partial charge in [0.1, 0.15) is 5.56 Å². The number of anilines is 2. The molecule has 0 amide bonds. The lowest BCUT2D eigenvalue weighted by Gasteiger charge is -2.16. The fourth-order valence-corrected chi connectivity index (χ4v) is 1.98. The van der Waals surface area contributed by atoms with Crippen LogP contribution in [0.2, 0.25) is 0 Å². The van der Waals surface area contributed by atoms with Crippen LogP contribution in [0.5, 0.6) is 5.75 Å². The Bertz CT molecular complexity index is 747. The number of rotatable bonds is 4. The molecule has 0 unspecified atom stereocenters. The summed E-state index contributed by atoms with van der Waals surface area (Å²) in [7, 11) is 0.957. The number of para-hydroxylation sites is 1. The Morgan fingerprint density at radius 3 is 2.32 bits per heavy atom. The number of methoxy groups -OCH3 is 1. The Morgan fingerprint density at radius 2 is 1.77 bits per heavy atom. The summed E-state index contributed by atoms with van der Waals surface area (Å²) in [5, 5.41) is 11.5. The van der Waals surface area contributed by atoms with Gasteiger partial charge >= 0.3 is 5.97 Å². The van der Waals surface area contributed by atoms with Gasteiger partial charge in [-0.25, -0.2) is 13.6 Å². The molecule has 0 radical (unpaired) electrons. The van der Waals surface area contributed by atoms with Crippen molar-refractivity contribution >= 4 is 17.3 Å². The van der Waals surface area contributed by atoms with E-state index in [9.17, 15) is 18.0 Å². The minimum atomic E-state index is -1.80. The van der Waals surface area contributed by atoms with Crippen molar-refractivity contribution < 1.29 is 27.8 Å². The molecule has 0 heterocycles. The largest absolute Gasteiger partial charge is 0.491 e. The lowest BCUT2D eigenvalue weighted by Crippen LogP contribution is -2.12. The maximum Gasteiger partial charge on any atom is 0.341 e. The van der Waals surface area contributed by atoms with Crippen LogP contribution in [-0.4, -0.2) is 18.2 Å². The lowest BCUT2D eigenvalue weighted by molar-refractivity contribution is 0.0691. The molecular weight excluding hydrogens is 299 g/mol. The minimum absolute atomic E-state index is 0.358. The minimum Gasteiger partial charge on any atom is -0.491 e. The van der Waals surface area contributed by atoms with Gasteiger partial charge in [0, 0.05) is 5.69 Å². The molecule has 116 valence electrons. The highest BCUT2D eigenvalue weighted by molar-refractivity contribution is 5.96. The van der Waals surface area contributed by atoms with E-state index in [4.69, 9.17) is 5.11 Å². The Labute approximate surface area is 124 Å². The van der Waals surface area contributed by atoms with Gasteiger partial charge in [-0.1, -0.05) is 18.2 Å². The Morgan fingerprint density at radius 1 is 1.14 bits per heavy atom. The first-order chi connectivity index (χ1) is 10.4. The number of benzene rings is 2. The van der Waals surface area contributed by atoms with Gasteiger partial charge in [0.2, 0.25) is 5.82 Å². The van der Waals surface area contributed by atoms with Crippen molar-refractivity contribution in [2.24, 2.45) is 0 Å². The molecule has 0 spiro atoms. The van der Waals surface area contributed by atoms with E-state index in [0.717, 1.165) is 7.11 Å². The third-order valence-electron chi connectivity index (χ3n) is 3.10. The number of aromatic carboxylic acids is 1. The molecule has 0 fully saturated rings. The number of carbonyl (C=O) groups is 1. The van der Waals surface area contributed by atoms with Crippen LogP contribution in [0.3, 0.4) is 0 Å². The van der Waals surface area contributed by atoms with Crippen molar-refractivity contribution in [2.45, 2.75) is 6.92 Å². The molecule has 0 bridgehead atoms. The highest BCUT2D eigenvalue weighted by Gasteiger charge is 2.29. The molecule has 0 aliphatic heterocycles. The molecule has 2 N–H and O–H groups in total. The number of nitrogens with one attached hydrogen (secondary N) is 1. The standard InChI is InChI=1S/C15H12F3NO3/c1-7-5-3-4-6-8(7)19-13-9(15(20)21)10(16)11(17)14(22-2)12(13)18/h3-6,19H,1-2H3,(H,20,21). The quantitative estimate of drug-likeness (QED) is 0.842. The second-order valence-corrected chi connectivity index (χ2v) is 4.47. The van der Waals surface area contributed by atoms with Crippen LogP contribution in [0.1, 0.15) is 15.9 Å². The van der Waals surface area contributed by atoms with E-state index in [1.165, 1.54) is 0 Å². The topological polar surface area (TPSA) is 58.6 Å². The molecule has 0 aromatic heterocycles. The number of ether oxygens (including phenoxy) is 1. The van der Waals surface area contributed by atoms with Crippen molar-refractivity contribution in [3.63, 3.8) is 0 Å². The number of hydrogen-bond donors (Lipinski definition) is 2. The predicted octanol–water partition coefficient (Wildman–Crippen LogP) is 3.86. The van der Waals surface area contributed by atoms with Crippen LogP contribution >= 0.6 is 0 Å². The molecule has 2 rings (SSSR count). The molecular formula is C15H12F3NO3. The smallest absolute Gasteiger partial charge is 0.341 e. The van der Waals surface area contributed by atoms with Gasteiger partial charge in [-0.15, -0.1) is 0 Å². The Kier molecular flexibility index (Phi) is 4.25. The maximum absolute atomic E-state index is 14.3. The van der Waals surface area contributed by atoms with Crippen LogP contribution in [0.4, 0.5) is 24.5 Å². The first-order valence-corrected chi connectivity index (χ1v) is 6.18. The van der Waals surface area contributed by atoms with Gasteiger partial charge in [0.25, 0.3) is 0 Å². The van der Waals surface area contributed by atoms with Crippen molar-refractivity contribution in [3.8, 4) is 5.75 Å². The number of carboxylic acids is 1. The van der Waals surface area contributed by atoms with E-state index in [1.54, 1.807) is 31.2 Å². The number of hydrogen-bond acceptors (Lipinski definition) is 3. The molecule has 22 heavy (non-hydrogen) atoms. The Balaban J connectivity index is 2.71. The predicted molar refractivity (Wildman–Crippen MR) is 74.3 cm³/mol. The average Bonchev–Trinajstić information content (AvgIpc) is 2.47. The van der Waals surface area contributed by atoms with Crippen LogP contribution in [0.15, 0.2) is 24.3 Å². The molecule has 0 aliphatic rings. The first kappa shape index (κ1) is 15.7. The zero-order valence-electron chi connectivity index (χ0n) is 11.7. The lowest BCUT2D eigenvalue weighted by atomic mass is 10.1. The number of carboxylic acid groups (broad SMARTS) is 1. The average molecular weight is 311 g/mol. The Hall–Kier alpha value is -2.70. The fourth-order valence-electron chi connectivity index (χ4n) is 1.98. The highest BCUT2D eigenvalue weighted by atomic mass is 19.2. The van der Waals surface area contributed by atoms with Gasteiger partial charge in [-0.2, -0.15) is 4.39 Å². The molecule has 2 aromatic rings. The van der Waals surface area contributed by atoms with Gasteiger partial charge in [-0.3, -0.25) is 0 Å². The van der Waals surface area contributed by atoms with Crippen molar-refractivity contribution in [1.82, 2.24) is 0 Å². The van der Waals surface area contributed by atoms with E-state index in [-0.39, 0.29) is 0 Å². The van der Waals surface area contributed by atoms with Gasteiger partial charge in [0.15, 0.2) is 17.4 Å². The maximum atomic E-state index is 14.3. The van der Waals surface area contributed by atoms with E-state index in [1.807, 2.05) is 0 Å². The summed E-state index contributed by atoms with van der Waals surface area (Å²) in [6.45, 7) is 1.69. The van der Waals surface area contributed by atoms with Gasteiger partial charge in [0.05, 0.1) is 12.8 Å². The summed E-state index contributed by atoms with van der Waals surface area (Å²) in [4.78, 5) is 11.2. The molecule has 0 saturated heterocycles. The third kappa shape index (κ3) is 2.57. The second kappa shape index (κ2) is 5.97. The normalized spacial score (nSPS) is 10.4. The van der Waals surface area contributed by atoms with Crippen molar-refractivity contribution in [1.29, 1.82) is 0 Å². The van der Waals surface area contributed by atoms with Gasteiger partial charge in [-0.05, 0) is 18.6 Å². The molecule has 0 aliphatic carbocycles. The molecule has 4 nitrogen and oxygen atoms in total. The molecule has 2 aromatic carbocycles. The monoisotopic (exact) mass is 311 g/mol. The zero-order chi connectivity index (χ0) is 16.4. The van der Waals surface area contributed by atoms with E-state index in [0.29, 0.717) is 11.3 Å². The van der Waals surface area contributed by atoms with E-state index < -0.39 is 40.4 Å². The second-order valence-electron chi connectivity index (χ2n) is 4.47. The summed E-state index contributed by atoms with van der Waals surface area (Å²) >= 11 is 0. The third-order valence-corrected chi connectivity index (χ3v) is 3.10. The summed E-state index contributed by atoms with van der Waals surface area (Å²) in [6, 6.07) is 6.59. The van der Waals surface area contributed by atoms with E-state index >= 15 is 0 Å². The number of halogens is 3. The molecule has 0 atom stereocenters. The van der Waals surface area contributed by atoms with Crippen molar-refractivity contribution in [3.05, 3.63) is 52.8 Å². The van der Waals surface area contributed by atoms with Crippen LogP contribution in [0, 0.1) is 24.4 Å². The summed E-state index contributed by atoms with van der Waals surface area (Å²) in [5.41, 5.74) is -0.796. The molecule has 7 heteroatoms. The first-order valence-electron chi connectivity index (χ1n) is 6.18. The van der Waals surface area contributed by atoms with Gasteiger partial charge < -0.3 is 15.2 Å². The summed E-state index contributed by atoms with van der Waals surface area (Å²) in [6.07, 6.45) is 0. The van der Waals surface area contributed by atoms with Crippen LogP contribution < -0.4 is 10.1 Å².